The van der Waals surface area contributed by atoms with Gasteiger partial charge in [0.05, 0.1) is 21.1 Å². The second-order valence-corrected chi connectivity index (χ2v) is 6.54. The molecule has 0 aliphatic rings. The Morgan fingerprint density at radius 3 is 2.12 bits per heavy atom. The Kier molecular flexibility index (Phi) is 3.34. The van der Waals surface area contributed by atoms with Gasteiger partial charge < -0.3 is 9.59 Å². The second-order valence-electron chi connectivity index (χ2n) is 6.54. The Bertz CT molecular complexity index is 369. The molecule has 0 aromatic heterocycles. The molecule has 0 spiro atoms. The summed E-state index contributed by atoms with van der Waals surface area (Å²) in [7, 11) is 6.38. The molecule has 16 heavy (non-hydrogen) atoms. The predicted molar refractivity (Wildman–Crippen MR) is 68.5 cm³/mol. The standard InChI is InChI=1S/C14H23NO/c1-14(2,3)12-7-8-13(16)11(9-12)10-15(4,5)6/h7-9H,10H2,1-6H3/p+1. The van der Waals surface area contributed by atoms with Crippen LogP contribution in [0.4, 0.5) is 0 Å². The van der Waals surface area contributed by atoms with E-state index in [2.05, 4.69) is 48.0 Å². The highest BCUT2D eigenvalue weighted by Gasteiger charge is 2.18. The van der Waals surface area contributed by atoms with E-state index in [4.69, 9.17) is 0 Å². The average Bonchev–Trinajstić information content (AvgIpc) is 2.04. The molecule has 0 radical (unpaired) electrons. The number of hydrogen-bond acceptors (Lipinski definition) is 1. The van der Waals surface area contributed by atoms with Gasteiger partial charge in [0.15, 0.2) is 0 Å². The molecule has 0 aliphatic carbocycles. The summed E-state index contributed by atoms with van der Waals surface area (Å²) in [6.07, 6.45) is 0. The van der Waals surface area contributed by atoms with E-state index in [-0.39, 0.29) is 5.41 Å². The lowest BCUT2D eigenvalue weighted by molar-refractivity contribution is -0.884. The first kappa shape index (κ1) is 13.0. The number of quaternary nitrogens is 1. The smallest absolute Gasteiger partial charge is 0.124 e. The van der Waals surface area contributed by atoms with Gasteiger partial charge in [0, 0.05) is 5.56 Å². The van der Waals surface area contributed by atoms with Gasteiger partial charge in [0.25, 0.3) is 0 Å². The third kappa shape index (κ3) is 3.53. The topological polar surface area (TPSA) is 20.2 Å². The fraction of sp³-hybridized carbons (Fsp3) is 0.571. The zero-order chi connectivity index (χ0) is 12.6. The Hall–Kier alpha value is -1.02. The molecule has 0 saturated heterocycles. The number of benzene rings is 1. The maximum absolute atomic E-state index is 9.85. The van der Waals surface area contributed by atoms with Crippen molar-refractivity contribution in [2.45, 2.75) is 32.7 Å². The number of aromatic hydroxyl groups is 1. The van der Waals surface area contributed by atoms with Gasteiger partial charge >= 0.3 is 0 Å². The summed E-state index contributed by atoms with van der Waals surface area (Å²) in [5.41, 5.74) is 2.43. The largest absolute Gasteiger partial charge is 0.507 e. The molecular formula is C14H24NO+. The highest BCUT2D eigenvalue weighted by atomic mass is 16.3. The number of nitrogens with zero attached hydrogens (tertiary/aromatic N) is 1. The van der Waals surface area contributed by atoms with Gasteiger partial charge in [0.1, 0.15) is 12.3 Å². The molecular weight excluding hydrogens is 198 g/mol. The van der Waals surface area contributed by atoms with Crippen LogP contribution < -0.4 is 0 Å². The molecule has 0 saturated carbocycles. The second kappa shape index (κ2) is 4.10. The molecule has 1 N–H and O–H groups in total. The van der Waals surface area contributed by atoms with Crippen molar-refractivity contribution in [2.75, 3.05) is 21.1 Å². The van der Waals surface area contributed by atoms with Crippen LogP contribution in [0.5, 0.6) is 5.75 Å². The van der Waals surface area contributed by atoms with E-state index >= 15 is 0 Å². The molecule has 0 bridgehead atoms. The van der Waals surface area contributed by atoms with Crippen LogP contribution in [0.3, 0.4) is 0 Å². The van der Waals surface area contributed by atoms with E-state index in [1.165, 1.54) is 5.56 Å². The average molecular weight is 222 g/mol. The number of phenols is 1. The summed E-state index contributed by atoms with van der Waals surface area (Å²) in [4.78, 5) is 0. The number of hydrogen-bond donors (Lipinski definition) is 1. The highest BCUT2D eigenvalue weighted by molar-refractivity contribution is 5.38. The van der Waals surface area contributed by atoms with Crippen molar-refractivity contribution in [1.29, 1.82) is 0 Å². The van der Waals surface area contributed by atoms with E-state index in [1.807, 2.05) is 12.1 Å². The van der Waals surface area contributed by atoms with E-state index in [9.17, 15) is 5.11 Å². The van der Waals surface area contributed by atoms with E-state index < -0.39 is 0 Å². The normalized spacial score (nSPS) is 12.9. The quantitative estimate of drug-likeness (QED) is 0.763. The zero-order valence-electron chi connectivity index (χ0n) is 11.3. The van der Waals surface area contributed by atoms with Crippen molar-refractivity contribution < 1.29 is 9.59 Å². The Labute approximate surface area is 99.1 Å². The van der Waals surface area contributed by atoms with Gasteiger partial charge in [-0.2, -0.15) is 0 Å². The molecule has 0 fully saturated rings. The van der Waals surface area contributed by atoms with E-state index in [1.54, 1.807) is 0 Å². The number of phenolic OH excluding ortho intramolecular Hbond substituents is 1. The fourth-order valence-electron chi connectivity index (χ4n) is 1.69. The molecule has 1 rings (SSSR count). The molecule has 0 unspecified atom stereocenters. The van der Waals surface area contributed by atoms with Crippen LogP contribution in [0.25, 0.3) is 0 Å². The number of rotatable bonds is 2. The zero-order valence-corrected chi connectivity index (χ0v) is 11.3. The monoisotopic (exact) mass is 222 g/mol. The van der Waals surface area contributed by atoms with Crippen LogP contribution in [-0.4, -0.2) is 30.7 Å². The van der Waals surface area contributed by atoms with Crippen LogP contribution in [0.1, 0.15) is 31.9 Å². The third-order valence-electron chi connectivity index (χ3n) is 2.59. The minimum absolute atomic E-state index is 0.132. The lowest BCUT2D eigenvalue weighted by atomic mass is 9.86. The van der Waals surface area contributed by atoms with Gasteiger partial charge in [-0.15, -0.1) is 0 Å². The summed E-state index contributed by atoms with van der Waals surface area (Å²) < 4.78 is 0.821. The van der Waals surface area contributed by atoms with Gasteiger partial charge in [-0.1, -0.05) is 26.8 Å². The predicted octanol–water partition coefficient (Wildman–Crippen LogP) is 2.90. The Morgan fingerprint density at radius 2 is 1.69 bits per heavy atom. The maximum Gasteiger partial charge on any atom is 0.124 e. The van der Waals surface area contributed by atoms with Crippen molar-refractivity contribution in [3.05, 3.63) is 29.3 Å². The summed E-state index contributed by atoms with van der Waals surface area (Å²) in [5, 5.41) is 9.85. The maximum atomic E-state index is 9.85. The first-order chi connectivity index (χ1) is 7.09. The lowest BCUT2D eigenvalue weighted by Crippen LogP contribution is -2.33. The van der Waals surface area contributed by atoms with Crippen molar-refractivity contribution >= 4 is 0 Å². The molecule has 1 aromatic carbocycles. The van der Waals surface area contributed by atoms with Gasteiger partial charge in [-0.05, 0) is 23.1 Å². The highest BCUT2D eigenvalue weighted by Crippen LogP contribution is 2.28. The van der Waals surface area contributed by atoms with Crippen LogP contribution in [-0.2, 0) is 12.0 Å². The fourth-order valence-corrected chi connectivity index (χ4v) is 1.69. The van der Waals surface area contributed by atoms with Crippen molar-refractivity contribution in [1.82, 2.24) is 0 Å². The lowest BCUT2D eigenvalue weighted by Gasteiger charge is -2.26. The van der Waals surface area contributed by atoms with Gasteiger partial charge in [-0.3, -0.25) is 0 Å². The molecule has 0 aliphatic heterocycles. The molecule has 2 nitrogen and oxygen atoms in total. The van der Waals surface area contributed by atoms with E-state index in [0.29, 0.717) is 5.75 Å². The minimum Gasteiger partial charge on any atom is -0.507 e. The molecule has 1 aromatic rings. The van der Waals surface area contributed by atoms with Crippen molar-refractivity contribution in [3.63, 3.8) is 0 Å². The Balaban J connectivity index is 3.10. The minimum atomic E-state index is 0.132. The first-order valence-electron chi connectivity index (χ1n) is 5.72. The van der Waals surface area contributed by atoms with Crippen molar-refractivity contribution in [3.8, 4) is 5.75 Å². The van der Waals surface area contributed by atoms with Crippen LogP contribution in [0.15, 0.2) is 18.2 Å². The first-order valence-corrected chi connectivity index (χ1v) is 5.72. The van der Waals surface area contributed by atoms with Crippen molar-refractivity contribution in [2.24, 2.45) is 0 Å². The molecule has 2 heteroatoms. The molecule has 90 valence electrons. The third-order valence-corrected chi connectivity index (χ3v) is 2.59. The summed E-state index contributed by atoms with van der Waals surface area (Å²) in [6, 6.07) is 5.94. The Morgan fingerprint density at radius 1 is 1.12 bits per heavy atom. The SMILES string of the molecule is CC(C)(C)c1ccc(O)c(C[N+](C)(C)C)c1. The van der Waals surface area contributed by atoms with E-state index in [0.717, 1.165) is 16.6 Å². The summed E-state index contributed by atoms with van der Waals surface area (Å²) in [5.74, 6) is 0.404. The van der Waals surface area contributed by atoms with Crippen LogP contribution >= 0.6 is 0 Å². The van der Waals surface area contributed by atoms with Crippen LogP contribution in [0, 0.1) is 0 Å². The molecule has 0 amide bonds. The summed E-state index contributed by atoms with van der Waals surface area (Å²) >= 11 is 0. The molecule has 0 heterocycles. The molecule has 0 atom stereocenters. The van der Waals surface area contributed by atoms with Crippen LogP contribution in [0.2, 0.25) is 0 Å². The van der Waals surface area contributed by atoms with Gasteiger partial charge in [-0.25, -0.2) is 0 Å². The van der Waals surface area contributed by atoms with Gasteiger partial charge in [0.2, 0.25) is 0 Å². The summed E-state index contributed by atoms with van der Waals surface area (Å²) in [6.45, 7) is 7.41.